The Balaban J connectivity index is 1.01. The van der Waals surface area contributed by atoms with Crippen molar-refractivity contribution in [1.82, 2.24) is 15.0 Å². The van der Waals surface area contributed by atoms with E-state index < -0.39 is 5.41 Å². The Kier molecular flexibility index (Phi) is 8.58. The largest absolute Gasteiger partial charge is 0.208 e. The molecule has 0 aliphatic heterocycles. The van der Waals surface area contributed by atoms with Crippen LogP contribution in [-0.4, -0.2) is 15.0 Å². The van der Waals surface area contributed by atoms with Gasteiger partial charge in [-0.05, 0) is 79.9 Å². The van der Waals surface area contributed by atoms with Crippen molar-refractivity contribution in [1.29, 1.82) is 0 Å². The Morgan fingerprint density at radius 2 is 0.823 bits per heavy atom. The molecule has 2 heterocycles. The average Bonchev–Trinajstić information content (AvgIpc) is 3.89. The van der Waals surface area contributed by atoms with E-state index in [1.54, 1.807) is 0 Å². The average molecular weight is 808 g/mol. The van der Waals surface area contributed by atoms with E-state index in [0.29, 0.717) is 17.5 Å². The minimum absolute atomic E-state index is 0.451. The van der Waals surface area contributed by atoms with E-state index in [1.807, 2.05) is 47.7 Å². The molecule has 0 unspecified atom stereocenters. The summed E-state index contributed by atoms with van der Waals surface area (Å²) in [5.41, 5.74) is 14.9. The molecule has 0 spiro atoms. The molecule has 12 rings (SSSR count). The third kappa shape index (κ3) is 5.76. The van der Waals surface area contributed by atoms with Crippen molar-refractivity contribution in [3.8, 4) is 67.5 Å². The molecule has 62 heavy (non-hydrogen) atoms. The first-order valence-electron chi connectivity index (χ1n) is 21.0. The van der Waals surface area contributed by atoms with E-state index in [2.05, 4.69) is 188 Å². The van der Waals surface area contributed by atoms with Crippen molar-refractivity contribution < 1.29 is 0 Å². The molecular weight excluding hydrogens is 771 g/mol. The maximum absolute atomic E-state index is 5.14. The third-order valence-electron chi connectivity index (χ3n) is 12.4. The van der Waals surface area contributed by atoms with Gasteiger partial charge in [0.1, 0.15) is 0 Å². The van der Waals surface area contributed by atoms with Gasteiger partial charge in [-0.25, -0.2) is 15.0 Å². The fraction of sp³-hybridized carbons (Fsp3) is 0.0172. The molecule has 2 aromatic heterocycles. The van der Waals surface area contributed by atoms with Crippen LogP contribution in [0.25, 0.3) is 87.7 Å². The second-order valence-corrected chi connectivity index (χ2v) is 17.0. The molecule has 0 amide bonds. The summed E-state index contributed by atoms with van der Waals surface area (Å²) >= 11 is 1.81. The molecule has 1 aliphatic rings. The maximum atomic E-state index is 5.14. The second kappa shape index (κ2) is 14.7. The molecule has 0 radical (unpaired) electrons. The van der Waals surface area contributed by atoms with Gasteiger partial charge in [-0.1, -0.05) is 200 Å². The first-order chi connectivity index (χ1) is 30.7. The molecule has 0 saturated carbocycles. The van der Waals surface area contributed by atoms with Gasteiger partial charge < -0.3 is 0 Å². The topological polar surface area (TPSA) is 38.7 Å². The summed E-state index contributed by atoms with van der Waals surface area (Å²) in [5, 5.41) is 2.35. The van der Waals surface area contributed by atoms with Crippen LogP contribution < -0.4 is 0 Å². The summed E-state index contributed by atoms with van der Waals surface area (Å²) in [6, 6.07) is 80.7. The number of hydrogen-bond acceptors (Lipinski definition) is 4. The van der Waals surface area contributed by atoms with Gasteiger partial charge >= 0.3 is 0 Å². The standard InChI is InChI=1S/C58H37N3S/c1-5-18-38(19-6-1)55-59-56(39-20-7-2-8-21-39)61-57(60-55)47-30-17-33-52-54(47)48-37-41(34-35-51(48)62-52)40-22-15-23-42(36-40)45-29-16-32-50-53(45)46-28-13-14-31-49(46)58(50,43-24-9-3-10-25-43)44-26-11-4-12-27-44/h1-37H. The van der Waals surface area contributed by atoms with E-state index in [-0.39, 0.29) is 0 Å². The van der Waals surface area contributed by atoms with E-state index in [9.17, 15) is 0 Å². The van der Waals surface area contributed by atoms with Gasteiger partial charge in [-0.3, -0.25) is 0 Å². The quantitative estimate of drug-likeness (QED) is 0.161. The lowest BCUT2D eigenvalue weighted by Crippen LogP contribution is -2.28. The van der Waals surface area contributed by atoms with Crippen LogP contribution >= 0.6 is 11.3 Å². The van der Waals surface area contributed by atoms with Crippen molar-refractivity contribution >= 4 is 31.5 Å². The molecule has 0 atom stereocenters. The van der Waals surface area contributed by atoms with E-state index >= 15 is 0 Å². The fourth-order valence-electron chi connectivity index (χ4n) is 9.72. The molecule has 0 N–H and O–H groups in total. The number of nitrogens with zero attached hydrogens (tertiary/aromatic N) is 3. The molecule has 1 aliphatic carbocycles. The lowest BCUT2D eigenvalue weighted by molar-refractivity contribution is 0.768. The van der Waals surface area contributed by atoms with Gasteiger partial charge in [-0.15, -0.1) is 11.3 Å². The van der Waals surface area contributed by atoms with Gasteiger partial charge in [0.25, 0.3) is 0 Å². The summed E-state index contributed by atoms with van der Waals surface area (Å²) in [4.78, 5) is 15.2. The number of hydrogen-bond donors (Lipinski definition) is 0. The van der Waals surface area contributed by atoms with E-state index in [4.69, 9.17) is 15.0 Å². The Labute approximate surface area is 364 Å². The predicted molar refractivity (Wildman–Crippen MR) is 257 cm³/mol. The van der Waals surface area contributed by atoms with Crippen molar-refractivity contribution in [2.24, 2.45) is 0 Å². The lowest BCUT2D eigenvalue weighted by Gasteiger charge is -2.34. The fourth-order valence-corrected chi connectivity index (χ4v) is 10.8. The Hall–Kier alpha value is -7.79. The van der Waals surface area contributed by atoms with Crippen LogP contribution in [0.5, 0.6) is 0 Å². The monoisotopic (exact) mass is 807 g/mol. The zero-order chi connectivity index (χ0) is 41.0. The third-order valence-corrected chi connectivity index (χ3v) is 13.6. The second-order valence-electron chi connectivity index (χ2n) is 15.9. The highest BCUT2D eigenvalue weighted by molar-refractivity contribution is 7.26. The van der Waals surface area contributed by atoms with Crippen molar-refractivity contribution in [2.75, 3.05) is 0 Å². The summed E-state index contributed by atoms with van der Waals surface area (Å²) in [7, 11) is 0. The molecular formula is C58H37N3S. The Morgan fingerprint density at radius 1 is 0.323 bits per heavy atom. The minimum atomic E-state index is -0.451. The van der Waals surface area contributed by atoms with Gasteiger partial charge in [-0.2, -0.15) is 0 Å². The smallest absolute Gasteiger partial charge is 0.164 e. The van der Waals surface area contributed by atoms with Crippen LogP contribution in [0.2, 0.25) is 0 Å². The Morgan fingerprint density at radius 3 is 1.52 bits per heavy atom. The van der Waals surface area contributed by atoms with E-state index in [0.717, 1.165) is 27.6 Å². The van der Waals surface area contributed by atoms with Crippen LogP contribution in [0.1, 0.15) is 22.3 Å². The highest BCUT2D eigenvalue weighted by atomic mass is 32.1. The number of fused-ring (bicyclic) bond motifs is 6. The van der Waals surface area contributed by atoms with Crippen LogP contribution in [0.15, 0.2) is 224 Å². The zero-order valence-corrected chi connectivity index (χ0v) is 34.4. The van der Waals surface area contributed by atoms with Crippen molar-refractivity contribution in [3.05, 3.63) is 247 Å². The summed E-state index contributed by atoms with van der Waals surface area (Å²) < 4.78 is 2.42. The van der Waals surface area contributed by atoms with Crippen LogP contribution in [0.4, 0.5) is 0 Å². The lowest BCUT2D eigenvalue weighted by atomic mass is 9.67. The first kappa shape index (κ1) is 36.1. The highest BCUT2D eigenvalue weighted by Crippen LogP contribution is 2.58. The summed E-state index contributed by atoms with van der Waals surface area (Å²) in [6.07, 6.45) is 0. The predicted octanol–water partition coefficient (Wildman–Crippen LogP) is 14.9. The van der Waals surface area contributed by atoms with Crippen molar-refractivity contribution in [2.45, 2.75) is 5.41 Å². The molecule has 9 aromatic carbocycles. The highest BCUT2D eigenvalue weighted by Gasteiger charge is 2.46. The number of rotatable bonds is 7. The number of aromatic nitrogens is 3. The van der Waals surface area contributed by atoms with Gasteiger partial charge in [0.15, 0.2) is 17.5 Å². The molecule has 0 saturated heterocycles. The molecule has 290 valence electrons. The molecule has 0 bridgehead atoms. The van der Waals surface area contributed by atoms with Gasteiger partial charge in [0, 0.05) is 36.9 Å². The minimum Gasteiger partial charge on any atom is -0.208 e. The SMILES string of the molecule is c1ccc(-c2nc(-c3ccccc3)nc(-c3cccc4sc5ccc(-c6cccc(-c7cccc8c7-c7ccccc7C8(c7ccccc7)c7ccccc7)c6)cc5c34)n2)cc1. The molecule has 0 fully saturated rings. The number of benzene rings is 9. The zero-order valence-electron chi connectivity index (χ0n) is 33.6. The summed E-state index contributed by atoms with van der Waals surface area (Å²) in [6.45, 7) is 0. The van der Waals surface area contributed by atoms with Crippen LogP contribution in [-0.2, 0) is 5.41 Å². The van der Waals surface area contributed by atoms with Gasteiger partial charge in [0.2, 0.25) is 0 Å². The molecule has 3 nitrogen and oxygen atoms in total. The van der Waals surface area contributed by atoms with E-state index in [1.165, 1.54) is 64.9 Å². The number of thiophene rings is 1. The Bertz CT molecular complexity index is 3350. The van der Waals surface area contributed by atoms with Crippen LogP contribution in [0, 0.1) is 0 Å². The molecule has 11 aromatic rings. The molecule has 4 heteroatoms. The van der Waals surface area contributed by atoms with Crippen molar-refractivity contribution in [3.63, 3.8) is 0 Å². The first-order valence-corrected chi connectivity index (χ1v) is 21.8. The van der Waals surface area contributed by atoms with Crippen LogP contribution in [0.3, 0.4) is 0 Å². The normalized spacial score (nSPS) is 12.6. The maximum Gasteiger partial charge on any atom is 0.164 e. The summed E-state index contributed by atoms with van der Waals surface area (Å²) in [5.74, 6) is 1.97. The van der Waals surface area contributed by atoms with Gasteiger partial charge in [0.05, 0.1) is 5.41 Å².